The maximum Gasteiger partial charge on any atom is 0.325 e. The number of rotatable bonds is 7. The number of carbonyl (C=O) groups excluding carboxylic acids is 3. The zero-order valence-corrected chi connectivity index (χ0v) is 21.5. The molecule has 0 aliphatic heterocycles. The summed E-state index contributed by atoms with van der Waals surface area (Å²) in [5.41, 5.74) is 5.23. The van der Waals surface area contributed by atoms with Crippen LogP contribution in [0.5, 0.6) is 0 Å². The number of hydrogen-bond donors (Lipinski definition) is 2. The Bertz CT molecular complexity index is 1270. The van der Waals surface area contributed by atoms with E-state index in [9.17, 15) is 14.4 Å². The molecule has 0 spiro atoms. The summed E-state index contributed by atoms with van der Waals surface area (Å²) in [6.07, 6.45) is 3.20. The summed E-state index contributed by atoms with van der Waals surface area (Å²) in [5.74, 6) is -0.909. The van der Waals surface area contributed by atoms with E-state index in [0.29, 0.717) is 5.69 Å². The van der Waals surface area contributed by atoms with Crippen LogP contribution in [0.2, 0.25) is 5.02 Å². The van der Waals surface area contributed by atoms with E-state index >= 15 is 0 Å². The lowest BCUT2D eigenvalue weighted by atomic mass is 9.95. The number of nitrogens with one attached hydrogen (secondary N) is 2. The van der Waals surface area contributed by atoms with Crippen molar-refractivity contribution in [2.24, 2.45) is 0 Å². The molecule has 4 rings (SSSR count). The third kappa shape index (κ3) is 6.27. The average Bonchev–Trinajstić information content (AvgIpc) is 3.05. The van der Waals surface area contributed by atoms with Crippen molar-refractivity contribution in [1.29, 1.82) is 0 Å². The van der Waals surface area contributed by atoms with Gasteiger partial charge in [0.15, 0.2) is 0 Å². The highest BCUT2D eigenvalue weighted by Crippen LogP contribution is 2.32. The molecule has 37 heavy (non-hydrogen) atoms. The fourth-order valence-electron chi connectivity index (χ4n) is 4.43. The summed E-state index contributed by atoms with van der Waals surface area (Å²) < 4.78 is 4.88. The molecule has 9 heteroatoms. The molecule has 8 nitrogen and oxygen atoms in total. The molecule has 2 N–H and O–H groups in total. The molecular weight excluding hydrogens is 492 g/mol. The van der Waals surface area contributed by atoms with Crippen LogP contribution in [0, 0.1) is 0 Å². The molecule has 1 aliphatic rings. The largest absolute Gasteiger partial charge is 0.465 e. The van der Waals surface area contributed by atoms with E-state index in [1.165, 1.54) is 35.3 Å². The van der Waals surface area contributed by atoms with Crippen molar-refractivity contribution in [1.82, 2.24) is 20.5 Å². The number of halogens is 1. The van der Waals surface area contributed by atoms with Gasteiger partial charge in [-0.3, -0.25) is 14.6 Å². The molecule has 1 aliphatic carbocycles. The van der Waals surface area contributed by atoms with Crippen LogP contribution in [0.25, 0.3) is 0 Å². The predicted octanol–water partition coefficient (Wildman–Crippen LogP) is 4.06. The highest BCUT2D eigenvalue weighted by Gasteiger charge is 2.25. The number of urea groups is 1. The third-order valence-corrected chi connectivity index (χ3v) is 6.60. The van der Waals surface area contributed by atoms with Crippen LogP contribution in [0.4, 0.5) is 4.79 Å². The Morgan fingerprint density at radius 1 is 1.05 bits per heavy atom. The van der Waals surface area contributed by atoms with Crippen LogP contribution in [0.15, 0.2) is 60.8 Å². The second kappa shape index (κ2) is 11.9. The molecule has 0 atom stereocenters. The summed E-state index contributed by atoms with van der Waals surface area (Å²) in [6.45, 7) is 1.84. The van der Waals surface area contributed by atoms with Gasteiger partial charge in [-0.1, -0.05) is 60.1 Å². The minimum atomic E-state index is -0.497. The maximum absolute atomic E-state index is 13.0. The number of ether oxygens (including phenoxy) is 1. The first-order valence-corrected chi connectivity index (χ1v) is 12.5. The van der Waals surface area contributed by atoms with Gasteiger partial charge in [0.1, 0.15) is 6.54 Å². The number of aryl methyl sites for hydroxylation is 2. The summed E-state index contributed by atoms with van der Waals surface area (Å²) in [5, 5.41) is 6.17. The first-order chi connectivity index (χ1) is 17.9. The van der Waals surface area contributed by atoms with Gasteiger partial charge in [0, 0.05) is 13.2 Å². The third-order valence-electron chi connectivity index (χ3n) is 6.27. The van der Waals surface area contributed by atoms with Gasteiger partial charge in [-0.15, -0.1) is 0 Å². The monoisotopic (exact) mass is 520 g/mol. The number of carbonyl (C=O) groups is 3. The topological polar surface area (TPSA) is 101 Å². The van der Waals surface area contributed by atoms with E-state index in [4.69, 9.17) is 16.3 Å². The molecule has 2 aromatic carbocycles. The zero-order chi connectivity index (χ0) is 26.4. The number of nitrogens with zero attached hydrogens (tertiary/aromatic N) is 2. The van der Waals surface area contributed by atoms with Gasteiger partial charge in [-0.25, -0.2) is 4.79 Å². The fourth-order valence-corrected chi connectivity index (χ4v) is 4.66. The number of pyridine rings is 1. The number of benzene rings is 2. The summed E-state index contributed by atoms with van der Waals surface area (Å²) in [7, 11) is 1.50. The molecule has 0 unspecified atom stereocenters. The van der Waals surface area contributed by atoms with Gasteiger partial charge in [-0.05, 0) is 48.1 Å². The Balaban J connectivity index is 1.42. The van der Waals surface area contributed by atoms with Gasteiger partial charge >= 0.3 is 12.0 Å². The zero-order valence-electron chi connectivity index (χ0n) is 20.8. The van der Waals surface area contributed by atoms with Crippen molar-refractivity contribution < 1.29 is 19.1 Å². The number of hydrogen-bond acceptors (Lipinski definition) is 5. The quantitative estimate of drug-likeness (QED) is 0.458. The average molecular weight is 521 g/mol. The van der Waals surface area contributed by atoms with Crippen LogP contribution in [-0.4, -0.2) is 48.0 Å². The Kier molecular flexibility index (Phi) is 8.40. The van der Waals surface area contributed by atoms with E-state index < -0.39 is 11.9 Å². The molecule has 0 saturated carbocycles. The first-order valence-electron chi connectivity index (χ1n) is 12.1. The number of esters is 1. The number of likely N-dealkylation sites (N-methyl/N-ethyl adjacent to an activating group) is 1. The Morgan fingerprint density at radius 3 is 2.27 bits per heavy atom. The van der Waals surface area contributed by atoms with Gasteiger partial charge in [0.2, 0.25) is 0 Å². The van der Waals surface area contributed by atoms with E-state index in [0.717, 1.165) is 24.0 Å². The molecule has 0 bridgehead atoms. The summed E-state index contributed by atoms with van der Waals surface area (Å²) in [4.78, 5) is 42.7. The minimum absolute atomic E-state index is 0.0772. The normalized spacial score (nSPS) is 12.5. The predicted molar refractivity (Wildman–Crippen MR) is 140 cm³/mol. The van der Waals surface area contributed by atoms with Crippen LogP contribution >= 0.6 is 11.6 Å². The molecule has 0 radical (unpaired) electrons. The molecule has 0 fully saturated rings. The van der Waals surface area contributed by atoms with Gasteiger partial charge in [-0.2, -0.15) is 0 Å². The standard InChI is InChI=1S/C28H29ClN4O4/c1-3-37-25(34)17-33(2)27(35)20-14-23(29)24(30-15-20)16-31-28(36)32-26-21-10-6-4-8-18(21)12-13-19-9-5-7-11-22(19)26/h4-11,14-15,26H,3,12-13,16-17H2,1-2H3,(H2,31,32,36). The second-order valence-electron chi connectivity index (χ2n) is 8.78. The Morgan fingerprint density at radius 2 is 1.68 bits per heavy atom. The smallest absolute Gasteiger partial charge is 0.325 e. The number of aromatic nitrogens is 1. The second-order valence-corrected chi connectivity index (χ2v) is 9.18. The van der Waals surface area contributed by atoms with Crippen molar-refractivity contribution in [2.75, 3.05) is 20.2 Å². The van der Waals surface area contributed by atoms with Crippen molar-refractivity contribution in [3.8, 4) is 0 Å². The molecular formula is C28H29ClN4O4. The lowest BCUT2D eigenvalue weighted by Gasteiger charge is -2.22. The fraction of sp³-hybridized carbons (Fsp3) is 0.286. The Labute approximate surface area is 221 Å². The highest BCUT2D eigenvalue weighted by molar-refractivity contribution is 6.31. The number of amides is 3. The SMILES string of the molecule is CCOC(=O)CN(C)C(=O)c1cnc(CNC(=O)NC2c3ccccc3CCc3ccccc32)c(Cl)c1. The summed E-state index contributed by atoms with van der Waals surface area (Å²) >= 11 is 6.37. The molecule has 3 aromatic rings. The molecule has 1 heterocycles. The van der Waals surface area contributed by atoms with Crippen molar-refractivity contribution in [3.05, 3.63) is 99.3 Å². The van der Waals surface area contributed by atoms with Crippen LogP contribution in [0.1, 0.15) is 51.3 Å². The maximum atomic E-state index is 13.0. The van der Waals surface area contributed by atoms with E-state index in [1.54, 1.807) is 6.92 Å². The van der Waals surface area contributed by atoms with Crippen molar-refractivity contribution >= 4 is 29.5 Å². The lowest BCUT2D eigenvalue weighted by molar-refractivity contribution is -0.143. The van der Waals surface area contributed by atoms with Crippen LogP contribution < -0.4 is 10.6 Å². The van der Waals surface area contributed by atoms with E-state index in [1.807, 2.05) is 24.3 Å². The van der Waals surface area contributed by atoms with Gasteiger partial charge in [0.25, 0.3) is 5.91 Å². The lowest BCUT2D eigenvalue weighted by Crippen LogP contribution is -2.38. The molecule has 1 aromatic heterocycles. The van der Waals surface area contributed by atoms with Gasteiger partial charge < -0.3 is 20.3 Å². The molecule has 3 amide bonds. The van der Waals surface area contributed by atoms with Crippen LogP contribution in [0.3, 0.4) is 0 Å². The van der Waals surface area contributed by atoms with Gasteiger partial charge in [0.05, 0.1) is 35.5 Å². The molecule has 192 valence electrons. The Hall–Kier alpha value is -3.91. The first kappa shape index (κ1) is 26.2. The van der Waals surface area contributed by atoms with Crippen molar-refractivity contribution in [2.45, 2.75) is 32.4 Å². The van der Waals surface area contributed by atoms with Crippen molar-refractivity contribution in [3.63, 3.8) is 0 Å². The summed E-state index contributed by atoms with van der Waals surface area (Å²) in [6, 6.07) is 17.1. The minimum Gasteiger partial charge on any atom is -0.465 e. The van der Waals surface area contributed by atoms with E-state index in [-0.39, 0.29) is 42.4 Å². The number of fused-ring (bicyclic) bond motifs is 2. The van der Waals surface area contributed by atoms with Crippen LogP contribution in [-0.2, 0) is 28.9 Å². The highest BCUT2D eigenvalue weighted by atomic mass is 35.5. The molecule has 0 saturated heterocycles. The van der Waals surface area contributed by atoms with E-state index in [2.05, 4.69) is 39.9 Å².